The fourth-order valence-corrected chi connectivity index (χ4v) is 1.04. The van der Waals surface area contributed by atoms with Crippen LogP contribution in [0.2, 0.25) is 10.2 Å². The van der Waals surface area contributed by atoms with Crippen molar-refractivity contribution in [3.63, 3.8) is 0 Å². The predicted octanol–water partition coefficient (Wildman–Crippen LogP) is 1.76. The molecule has 0 saturated heterocycles. The fraction of sp³-hybridized carbons (Fsp3) is 0.375. The zero-order chi connectivity index (χ0) is 11.4. The molecule has 1 unspecified atom stereocenters. The number of amides is 1. The number of hydrogen-bond donors (Lipinski definition) is 1. The van der Waals surface area contributed by atoms with Gasteiger partial charge in [-0.25, -0.2) is 9.97 Å². The van der Waals surface area contributed by atoms with E-state index in [0.717, 1.165) is 0 Å². The molecule has 5 nitrogen and oxygen atoms in total. The van der Waals surface area contributed by atoms with E-state index in [1.54, 1.807) is 6.92 Å². The second-order valence-corrected chi connectivity index (χ2v) is 3.43. The summed E-state index contributed by atoms with van der Waals surface area (Å²) in [5.41, 5.74) is 0. The number of methoxy groups -OCH3 is 1. The van der Waals surface area contributed by atoms with Crippen molar-refractivity contribution in [3.05, 3.63) is 16.5 Å². The molecule has 1 aromatic heterocycles. The molecule has 0 bridgehead atoms. The largest absolute Gasteiger partial charge is 0.372 e. The molecule has 15 heavy (non-hydrogen) atoms. The summed E-state index contributed by atoms with van der Waals surface area (Å²) in [6.07, 6.45) is 0.621. The number of ether oxygens (including phenoxy) is 1. The van der Waals surface area contributed by atoms with Crippen LogP contribution in [0.3, 0.4) is 0 Å². The van der Waals surface area contributed by atoms with Crippen molar-refractivity contribution in [2.45, 2.75) is 13.0 Å². The highest BCUT2D eigenvalue weighted by Crippen LogP contribution is 2.25. The third kappa shape index (κ3) is 3.02. The maximum atomic E-state index is 11.4. The Balaban J connectivity index is 2.81. The number of carbonyl (C=O) groups is 1. The van der Waals surface area contributed by atoms with Crippen LogP contribution < -0.4 is 5.32 Å². The number of halogens is 2. The van der Waals surface area contributed by atoms with Crippen molar-refractivity contribution in [1.29, 1.82) is 0 Å². The molecule has 7 heteroatoms. The number of nitrogens with zero attached hydrogens (tertiary/aromatic N) is 2. The van der Waals surface area contributed by atoms with E-state index in [0.29, 0.717) is 0 Å². The molecule has 1 atom stereocenters. The van der Waals surface area contributed by atoms with Gasteiger partial charge < -0.3 is 10.1 Å². The van der Waals surface area contributed by atoms with Gasteiger partial charge in [-0.3, -0.25) is 4.79 Å². The van der Waals surface area contributed by atoms with Gasteiger partial charge in [0, 0.05) is 7.11 Å². The Morgan fingerprint density at radius 1 is 1.53 bits per heavy atom. The average Bonchev–Trinajstić information content (AvgIpc) is 2.23. The number of nitrogens with one attached hydrogen (secondary N) is 1. The summed E-state index contributed by atoms with van der Waals surface area (Å²) in [5.74, 6) is -0.181. The lowest BCUT2D eigenvalue weighted by Crippen LogP contribution is -2.27. The van der Waals surface area contributed by atoms with Gasteiger partial charge in [-0.2, -0.15) is 0 Å². The number of rotatable bonds is 3. The van der Waals surface area contributed by atoms with Gasteiger partial charge >= 0.3 is 0 Å². The third-order valence-corrected chi connectivity index (χ3v) is 2.45. The Kier molecular flexibility index (Phi) is 4.26. The van der Waals surface area contributed by atoms with Gasteiger partial charge in [0.05, 0.1) is 0 Å². The molecule has 1 aromatic rings. The molecule has 0 spiro atoms. The SMILES string of the molecule is COC(C)C(=O)Nc1ncnc(Cl)c1Cl. The molecule has 1 amide bonds. The lowest BCUT2D eigenvalue weighted by molar-refractivity contribution is -0.124. The van der Waals surface area contributed by atoms with Crippen molar-refractivity contribution >= 4 is 34.9 Å². The molecule has 1 rings (SSSR count). The van der Waals surface area contributed by atoms with E-state index in [1.807, 2.05) is 0 Å². The first-order valence-corrected chi connectivity index (χ1v) is 4.81. The van der Waals surface area contributed by atoms with Crippen molar-refractivity contribution < 1.29 is 9.53 Å². The zero-order valence-electron chi connectivity index (χ0n) is 8.12. The summed E-state index contributed by atoms with van der Waals surface area (Å²) in [7, 11) is 1.43. The minimum absolute atomic E-state index is 0.0898. The normalized spacial score (nSPS) is 12.3. The monoisotopic (exact) mass is 249 g/mol. The molecule has 0 saturated carbocycles. The van der Waals surface area contributed by atoms with Gasteiger partial charge in [-0.1, -0.05) is 23.2 Å². The number of hydrogen-bond acceptors (Lipinski definition) is 4. The highest BCUT2D eigenvalue weighted by molar-refractivity contribution is 6.42. The van der Waals surface area contributed by atoms with Crippen LogP contribution >= 0.6 is 23.2 Å². The smallest absolute Gasteiger partial charge is 0.254 e. The maximum Gasteiger partial charge on any atom is 0.254 e. The van der Waals surface area contributed by atoms with Gasteiger partial charge in [0.15, 0.2) is 11.0 Å². The van der Waals surface area contributed by atoms with Crippen LogP contribution in [0.25, 0.3) is 0 Å². The van der Waals surface area contributed by atoms with Crippen LogP contribution in [0.15, 0.2) is 6.33 Å². The molecule has 0 aliphatic rings. The lowest BCUT2D eigenvalue weighted by atomic mass is 10.4. The van der Waals surface area contributed by atoms with Crippen LogP contribution in [0.5, 0.6) is 0 Å². The molecular formula is C8H9Cl2N3O2. The van der Waals surface area contributed by atoms with Gasteiger partial charge in [0.25, 0.3) is 5.91 Å². The Hall–Kier alpha value is -0.910. The summed E-state index contributed by atoms with van der Waals surface area (Å²) >= 11 is 11.4. The Morgan fingerprint density at radius 3 is 2.80 bits per heavy atom. The van der Waals surface area contributed by atoms with E-state index in [4.69, 9.17) is 27.9 Å². The second-order valence-electron chi connectivity index (χ2n) is 2.69. The number of carbonyl (C=O) groups excluding carboxylic acids is 1. The molecule has 1 heterocycles. The van der Waals surface area contributed by atoms with Crippen LogP contribution in [0, 0.1) is 0 Å². The number of aromatic nitrogens is 2. The fourth-order valence-electron chi connectivity index (χ4n) is 0.761. The quantitative estimate of drug-likeness (QED) is 0.830. The standard InChI is InChI=1S/C8H9Cl2N3O2/c1-4(15-2)8(14)13-7-5(9)6(10)11-3-12-7/h3-4H,1-2H3,(H,11,12,13,14). The van der Waals surface area contributed by atoms with Gasteiger partial charge in [-0.15, -0.1) is 0 Å². The molecule has 0 radical (unpaired) electrons. The predicted molar refractivity (Wildman–Crippen MR) is 57.2 cm³/mol. The second kappa shape index (κ2) is 5.25. The molecule has 0 aromatic carbocycles. The molecule has 82 valence electrons. The Bertz CT molecular complexity index is 373. The van der Waals surface area contributed by atoms with Crippen molar-refractivity contribution in [1.82, 2.24) is 9.97 Å². The van der Waals surface area contributed by atoms with Gasteiger partial charge in [0.2, 0.25) is 0 Å². The minimum Gasteiger partial charge on any atom is -0.372 e. The van der Waals surface area contributed by atoms with Gasteiger partial charge in [0.1, 0.15) is 17.5 Å². The van der Waals surface area contributed by atoms with E-state index in [2.05, 4.69) is 15.3 Å². The van der Waals surface area contributed by atoms with E-state index in [-0.39, 0.29) is 21.9 Å². The minimum atomic E-state index is -0.588. The first kappa shape index (κ1) is 12.2. The molecular weight excluding hydrogens is 241 g/mol. The van der Waals surface area contributed by atoms with Gasteiger partial charge in [-0.05, 0) is 6.92 Å². The zero-order valence-corrected chi connectivity index (χ0v) is 9.63. The van der Waals surface area contributed by atoms with E-state index >= 15 is 0 Å². The lowest BCUT2D eigenvalue weighted by Gasteiger charge is -2.10. The van der Waals surface area contributed by atoms with E-state index < -0.39 is 6.10 Å². The number of anilines is 1. The molecule has 0 aliphatic carbocycles. The van der Waals surface area contributed by atoms with Crippen LogP contribution in [-0.4, -0.2) is 29.1 Å². The van der Waals surface area contributed by atoms with Crippen LogP contribution in [0.4, 0.5) is 5.82 Å². The highest BCUT2D eigenvalue weighted by atomic mass is 35.5. The summed E-state index contributed by atoms with van der Waals surface area (Å²) in [5, 5.41) is 2.67. The first-order valence-electron chi connectivity index (χ1n) is 4.06. The van der Waals surface area contributed by atoms with Crippen molar-refractivity contribution in [2.75, 3.05) is 12.4 Å². The van der Waals surface area contributed by atoms with Crippen LogP contribution in [0.1, 0.15) is 6.92 Å². The maximum absolute atomic E-state index is 11.4. The van der Waals surface area contributed by atoms with E-state index in [9.17, 15) is 4.79 Å². The average molecular weight is 250 g/mol. The molecule has 1 N–H and O–H groups in total. The van der Waals surface area contributed by atoms with Crippen molar-refractivity contribution in [3.8, 4) is 0 Å². The third-order valence-electron chi connectivity index (χ3n) is 1.71. The topological polar surface area (TPSA) is 64.1 Å². The highest BCUT2D eigenvalue weighted by Gasteiger charge is 2.15. The molecule has 0 fully saturated rings. The van der Waals surface area contributed by atoms with E-state index in [1.165, 1.54) is 13.4 Å². The Morgan fingerprint density at radius 2 is 2.20 bits per heavy atom. The van der Waals surface area contributed by atoms with Crippen molar-refractivity contribution in [2.24, 2.45) is 0 Å². The molecule has 0 aliphatic heterocycles. The first-order chi connectivity index (χ1) is 7.06. The Labute approximate surface area is 96.8 Å². The summed E-state index contributed by atoms with van der Waals surface area (Å²) in [6, 6.07) is 0. The summed E-state index contributed by atoms with van der Waals surface area (Å²) in [6.45, 7) is 1.60. The summed E-state index contributed by atoms with van der Waals surface area (Å²) in [4.78, 5) is 18.8. The summed E-state index contributed by atoms with van der Waals surface area (Å²) < 4.78 is 4.82. The van der Waals surface area contributed by atoms with Crippen LogP contribution in [-0.2, 0) is 9.53 Å².